The Kier molecular flexibility index (Phi) is 7.79. The first-order valence-electron chi connectivity index (χ1n) is 21.3. The van der Waals surface area contributed by atoms with Crippen molar-refractivity contribution in [1.29, 1.82) is 0 Å². The molecule has 1 aliphatic heterocycles. The molecule has 4 aliphatic rings. The lowest BCUT2D eigenvalue weighted by Crippen LogP contribution is -2.18. The van der Waals surface area contributed by atoms with Crippen molar-refractivity contribution in [2.45, 2.75) is 17.9 Å². The van der Waals surface area contributed by atoms with Gasteiger partial charge in [-0.3, -0.25) is 0 Å². The molecule has 4 atom stereocenters. The number of allylic oxidation sites excluding steroid dienone is 10. The number of furan rings is 1. The van der Waals surface area contributed by atoms with Gasteiger partial charge < -0.3 is 9.15 Å². The average molecular weight is 796 g/mol. The number of fused-ring (bicyclic) bond motifs is 10. The largest absolute Gasteiger partial charge is 0.485 e. The Morgan fingerprint density at radius 3 is 2.15 bits per heavy atom. The van der Waals surface area contributed by atoms with Crippen molar-refractivity contribution in [3.05, 3.63) is 223 Å². The lowest BCUT2D eigenvalue weighted by molar-refractivity contribution is 0.269. The summed E-state index contributed by atoms with van der Waals surface area (Å²) in [6.45, 7) is 0. The molecule has 0 fully saturated rings. The highest BCUT2D eigenvalue weighted by molar-refractivity contribution is 6.13. The van der Waals surface area contributed by atoms with Gasteiger partial charge in [0.05, 0.1) is 0 Å². The van der Waals surface area contributed by atoms with Gasteiger partial charge in [0.1, 0.15) is 23.0 Å². The molecule has 2 aromatic heterocycles. The molecule has 0 radical (unpaired) electrons. The van der Waals surface area contributed by atoms with E-state index in [1.54, 1.807) is 0 Å². The van der Waals surface area contributed by atoms with Crippen LogP contribution >= 0.6 is 0 Å². The zero-order valence-corrected chi connectivity index (χ0v) is 33.5. The van der Waals surface area contributed by atoms with Gasteiger partial charge in [-0.15, -0.1) is 0 Å². The lowest BCUT2D eigenvalue weighted by Gasteiger charge is -2.31. The van der Waals surface area contributed by atoms with Gasteiger partial charge in [0.15, 0.2) is 17.5 Å². The summed E-state index contributed by atoms with van der Waals surface area (Å²) in [7, 11) is 0. The molecule has 0 spiro atoms. The molecule has 0 saturated carbocycles. The molecular formula is C57H37N3O2. The summed E-state index contributed by atoms with van der Waals surface area (Å²) in [5, 5.41) is 6.90. The molecule has 5 nitrogen and oxygen atoms in total. The van der Waals surface area contributed by atoms with Crippen LogP contribution in [0.25, 0.3) is 83.0 Å². The maximum Gasteiger partial charge on any atom is 0.164 e. The van der Waals surface area contributed by atoms with E-state index in [9.17, 15) is 0 Å². The van der Waals surface area contributed by atoms with E-state index in [2.05, 4.69) is 182 Å². The van der Waals surface area contributed by atoms with Crippen LogP contribution < -0.4 is 4.74 Å². The summed E-state index contributed by atoms with van der Waals surface area (Å²) in [4.78, 5) is 15.8. The third kappa shape index (κ3) is 5.45. The fourth-order valence-corrected chi connectivity index (χ4v) is 10.3. The molecule has 4 unspecified atom stereocenters. The van der Waals surface area contributed by atoms with Crippen molar-refractivity contribution >= 4 is 49.1 Å². The van der Waals surface area contributed by atoms with Crippen LogP contribution in [0.5, 0.6) is 5.75 Å². The summed E-state index contributed by atoms with van der Waals surface area (Å²) >= 11 is 0. The van der Waals surface area contributed by atoms with Crippen molar-refractivity contribution in [3.63, 3.8) is 0 Å². The van der Waals surface area contributed by atoms with Crippen molar-refractivity contribution in [2.75, 3.05) is 0 Å². The second-order valence-corrected chi connectivity index (χ2v) is 16.5. The zero-order valence-electron chi connectivity index (χ0n) is 33.5. The highest BCUT2D eigenvalue weighted by Gasteiger charge is 2.35. The van der Waals surface area contributed by atoms with Crippen molar-refractivity contribution in [3.8, 4) is 39.7 Å². The van der Waals surface area contributed by atoms with E-state index in [1.165, 1.54) is 33.0 Å². The number of hydrogen-bond acceptors (Lipinski definition) is 5. The van der Waals surface area contributed by atoms with Gasteiger partial charge >= 0.3 is 0 Å². The lowest BCUT2D eigenvalue weighted by atomic mass is 9.73. The summed E-state index contributed by atoms with van der Waals surface area (Å²) in [6.07, 6.45) is 22.0. The predicted octanol–water partition coefficient (Wildman–Crippen LogP) is 13.9. The first-order valence-corrected chi connectivity index (χ1v) is 21.3. The van der Waals surface area contributed by atoms with Crippen LogP contribution in [0.2, 0.25) is 0 Å². The molecule has 0 N–H and O–H groups in total. The third-order valence-electron chi connectivity index (χ3n) is 13.1. The van der Waals surface area contributed by atoms with E-state index < -0.39 is 0 Å². The van der Waals surface area contributed by atoms with Crippen LogP contribution in [0.3, 0.4) is 0 Å². The summed E-state index contributed by atoms with van der Waals surface area (Å²) in [6, 6.07) is 49.1. The van der Waals surface area contributed by atoms with Gasteiger partial charge in [0, 0.05) is 50.8 Å². The zero-order chi connectivity index (χ0) is 40.7. The Bertz CT molecular complexity index is 3530. The van der Waals surface area contributed by atoms with E-state index in [0.29, 0.717) is 17.5 Å². The maximum atomic E-state index is 6.71. The minimum Gasteiger partial charge on any atom is -0.485 e. The van der Waals surface area contributed by atoms with Crippen LogP contribution in [-0.4, -0.2) is 21.1 Å². The van der Waals surface area contributed by atoms with Gasteiger partial charge in [-0.2, -0.15) is 0 Å². The van der Waals surface area contributed by atoms with Crippen LogP contribution in [-0.2, 0) is 0 Å². The SMILES string of the molecule is C1=CC2Oc3cccc(-c4ccc5c(c4)oc4cccc(C6C=CC=C7C(c8nc(-c9ccccc9)nc(-c9cc%10ccccc%10c%10ccccc9%10)n8)=CC=CC76)c45)c3C2C=C1. The van der Waals surface area contributed by atoms with Gasteiger partial charge in [0.2, 0.25) is 0 Å². The molecule has 0 amide bonds. The molecule has 5 heteroatoms. The van der Waals surface area contributed by atoms with Crippen LogP contribution in [0.1, 0.15) is 28.8 Å². The topological polar surface area (TPSA) is 61.0 Å². The first kappa shape index (κ1) is 34.9. The van der Waals surface area contributed by atoms with E-state index in [1.807, 2.05) is 18.2 Å². The second kappa shape index (κ2) is 13.8. The number of aromatic nitrogens is 3. The molecule has 3 aliphatic carbocycles. The highest BCUT2D eigenvalue weighted by atomic mass is 16.5. The van der Waals surface area contributed by atoms with Crippen molar-refractivity contribution in [2.24, 2.45) is 5.92 Å². The van der Waals surface area contributed by atoms with E-state index >= 15 is 0 Å². The monoisotopic (exact) mass is 795 g/mol. The minimum absolute atomic E-state index is 0.0309. The quantitative estimate of drug-likeness (QED) is 0.162. The normalized spacial score (nSPS) is 19.7. The Morgan fingerprint density at radius 2 is 1.21 bits per heavy atom. The number of ether oxygens (including phenoxy) is 1. The molecule has 0 bridgehead atoms. The number of rotatable bonds is 5. The Balaban J connectivity index is 0.905. The number of benzene rings is 7. The Hall–Kier alpha value is -7.89. The second-order valence-electron chi connectivity index (χ2n) is 16.5. The van der Waals surface area contributed by atoms with Gasteiger partial charge in [-0.25, -0.2) is 15.0 Å². The van der Waals surface area contributed by atoms with Crippen LogP contribution in [0.15, 0.2) is 210 Å². The summed E-state index contributed by atoms with van der Waals surface area (Å²) < 4.78 is 13.1. The van der Waals surface area contributed by atoms with Crippen LogP contribution in [0.4, 0.5) is 0 Å². The predicted molar refractivity (Wildman–Crippen MR) is 251 cm³/mol. The van der Waals surface area contributed by atoms with Gasteiger partial charge in [-0.1, -0.05) is 164 Å². The van der Waals surface area contributed by atoms with E-state index in [4.69, 9.17) is 24.1 Å². The maximum absolute atomic E-state index is 6.71. The van der Waals surface area contributed by atoms with Crippen molar-refractivity contribution in [1.82, 2.24) is 15.0 Å². The first-order chi connectivity index (χ1) is 30.7. The van der Waals surface area contributed by atoms with Crippen LogP contribution in [0, 0.1) is 5.92 Å². The van der Waals surface area contributed by atoms with E-state index in [-0.39, 0.29) is 23.9 Å². The molecule has 13 rings (SSSR count). The summed E-state index contributed by atoms with van der Waals surface area (Å²) in [5.74, 6) is 3.20. The van der Waals surface area contributed by atoms with Gasteiger partial charge in [-0.05, 0) is 80.2 Å². The molecular weight excluding hydrogens is 759 g/mol. The molecule has 292 valence electrons. The number of nitrogens with zero attached hydrogens (tertiary/aromatic N) is 3. The van der Waals surface area contributed by atoms with E-state index in [0.717, 1.165) is 60.7 Å². The minimum atomic E-state index is 0.0309. The molecule has 0 saturated heterocycles. The number of hydrogen-bond donors (Lipinski definition) is 0. The average Bonchev–Trinajstić information content (AvgIpc) is 3.92. The molecule has 7 aromatic carbocycles. The van der Waals surface area contributed by atoms with Gasteiger partial charge in [0.25, 0.3) is 0 Å². The Labute approximate surface area is 358 Å². The molecule has 62 heavy (non-hydrogen) atoms. The van der Waals surface area contributed by atoms with Crippen molar-refractivity contribution < 1.29 is 9.15 Å². The molecule has 9 aromatic rings. The smallest absolute Gasteiger partial charge is 0.164 e. The highest BCUT2D eigenvalue weighted by Crippen LogP contribution is 2.49. The third-order valence-corrected chi connectivity index (χ3v) is 13.1. The fraction of sp³-hybridized carbons (Fsp3) is 0.0702. The fourth-order valence-electron chi connectivity index (χ4n) is 10.3. The summed E-state index contributed by atoms with van der Waals surface area (Å²) in [5.41, 5.74) is 10.6. The standard InChI is InChI=1S/C57H37N3O2/c1-2-14-34(15-3-1)55-58-56(60-57(59-55)48-32-35-16-4-5-17-37(35)39-18-6-7-19-43(39)48)45-26-11-22-40-41(23-10-24-42(40)45)44-25-13-29-51-54(44)47-31-30-36(33-52(47)62-51)38-21-12-28-50-53(38)46-20-8-9-27-49(46)61-50/h1-33,40-41,46,49H. The molecule has 3 heterocycles. The Morgan fingerprint density at radius 1 is 0.452 bits per heavy atom.